The summed E-state index contributed by atoms with van der Waals surface area (Å²) in [6.45, 7) is 12.7. The molecule has 0 aliphatic carbocycles. The van der Waals surface area contributed by atoms with Gasteiger partial charge in [-0.25, -0.2) is 4.98 Å². The minimum atomic E-state index is 0.379. The van der Waals surface area contributed by atoms with E-state index in [9.17, 15) is 0 Å². The fourth-order valence-electron chi connectivity index (χ4n) is 3.37. The summed E-state index contributed by atoms with van der Waals surface area (Å²) in [6, 6.07) is 0. The molecule has 22 heavy (non-hydrogen) atoms. The molecular weight excluding hydrogens is 278 g/mol. The molecule has 124 valence electrons. The molecule has 2 aliphatic rings. The zero-order chi connectivity index (χ0) is 15.4. The van der Waals surface area contributed by atoms with Gasteiger partial charge in [0.2, 0.25) is 0 Å². The first-order valence-corrected chi connectivity index (χ1v) is 8.49. The molecule has 1 atom stereocenters. The van der Waals surface area contributed by atoms with Crippen molar-refractivity contribution in [3.63, 3.8) is 0 Å². The number of imidazole rings is 1. The fraction of sp³-hybridized carbons (Fsp3) is 0.812. The van der Waals surface area contributed by atoms with Crippen molar-refractivity contribution in [3.8, 4) is 0 Å². The largest absolute Gasteiger partial charge is 0.374 e. The Bertz CT molecular complexity index is 455. The first-order valence-electron chi connectivity index (χ1n) is 8.49. The maximum absolute atomic E-state index is 5.88. The summed E-state index contributed by atoms with van der Waals surface area (Å²) in [6.07, 6.45) is 4.36. The number of nitrogens with zero attached hydrogens (tertiary/aromatic N) is 5. The number of ether oxygens (including phenoxy) is 1. The van der Waals surface area contributed by atoms with Crippen molar-refractivity contribution in [2.24, 2.45) is 0 Å². The molecular formula is C16H29N5O. The average molecular weight is 307 g/mol. The van der Waals surface area contributed by atoms with Crippen LogP contribution in [0.3, 0.4) is 0 Å². The summed E-state index contributed by atoms with van der Waals surface area (Å²) < 4.78 is 8.12. The number of likely N-dealkylation sites (N-methyl/N-ethyl adjacent to an activating group) is 1. The van der Waals surface area contributed by atoms with Gasteiger partial charge < -0.3 is 14.2 Å². The SMILES string of the molecule is CCn1ccnc1CN1CCN(C[C@@H]2CN(C)CCO2)CC1. The molecule has 0 spiro atoms. The van der Waals surface area contributed by atoms with Crippen molar-refractivity contribution in [1.29, 1.82) is 0 Å². The molecule has 0 radical (unpaired) electrons. The highest BCUT2D eigenvalue weighted by Gasteiger charge is 2.24. The fourth-order valence-corrected chi connectivity index (χ4v) is 3.37. The summed E-state index contributed by atoms with van der Waals surface area (Å²) in [5.74, 6) is 1.19. The molecule has 0 saturated carbocycles. The highest BCUT2D eigenvalue weighted by molar-refractivity contribution is 4.93. The van der Waals surface area contributed by atoms with Crippen LogP contribution in [0, 0.1) is 0 Å². The number of morpholine rings is 1. The quantitative estimate of drug-likeness (QED) is 0.785. The lowest BCUT2D eigenvalue weighted by Gasteiger charge is -2.38. The van der Waals surface area contributed by atoms with Crippen molar-refractivity contribution < 1.29 is 4.74 Å². The minimum absolute atomic E-state index is 0.379. The van der Waals surface area contributed by atoms with Crippen LogP contribution in [0.15, 0.2) is 12.4 Å². The first kappa shape index (κ1) is 15.9. The van der Waals surface area contributed by atoms with Crippen molar-refractivity contribution >= 4 is 0 Å². The average Bonchev–Trinajstić information content (AvgIpc) is 2.96. The van der Waals surface area contributed by atoms with E-state index in [1.165, 1.54) is 5.82 Å². The molecule has 2 aliphatic heterocycles. The molecule has 1 aromatic heterocycles. The Morgan fingerprint density at radius 1 is 1.18 bits per heavy atom. The van der Waals surface area contributed by atoms with E-state index >= 15 is 0 Å². The van der Waals surface area contributed by atoms with E-state index in [0.29, 0.717) is 6.10 Å². The lowest BCUT2D eigenvalue weighted by atomic mass is 10.2. The summed E-state index contributed by atoms with van der Waals surface area (Å²) >= 11 is 0. The van der Waals surface area contributed by atoms with Crippen molar-refractivity contribution in [2.45, 2.75) is 26.1 Å². The minimum Gasteiger partial charge on any atom is -0.374 e. The van der Waals surface area contributed by atoms with Gasteiger partial charge in [0.1, 0.15) is 5.82 Å². The number of hydrogen-bond donors (Lipinski definition) is 0. The Morgan fingerprint density at radius 2 is 1.95 bits per heavy atom. The lowest BCUT2D eigenvalue weighted by molar-refractivity contribution is -0.0414. The topological polar surface area (TPSA) is 36.8 Å². The summed E-state index contributed by atoms with van der Waals surface area (Å²) in [7, 11) is 2.18. The van der Waals surface area contributed by atoms with Crippen molar-refractivity contribution in [3.05, 3.63) is 18.2 Å². The lowest BCUT2D eigenvalue weighted by Crippen LogP contribution is -2.51. The molecule has 0 bridgehead atoms. The molecule has 0 unspecified atom stereocenters. The van der Waals surface area contributed by atoms with Crippen LogP contribution in [-0.4, -0.2) is 89.8 Å². The van der Waals surface area contributed by atoms with Crippen LogP contribution < -0.4 is 0 Å². The zero-order valence-corrected chi connectivity index (χ0v) is 13.9. The molecule has 6 nitrogen and oxygen atoms in total. The highest BCUT2D eigenvalue weighted by atomic mass is 16.5. The van der Waals surface area contributed by atoms with Gasteiger partial charge >= 0.3 is 0 Å². The predicted molar refractivity (Wildman–Crippen MR) is 86.9 cm³/mol. The van der Waals surface area contributed by atoms with Crippen LogP contribution in [0.5, 0.6) is 0 Å². The Balaban J connectivity index is 1.42. The molecule has 3 heterocycles. The number of hydrogen-bond acceptors (Lipinski definition) is 5. The number of aromatic nitrogens is 2. The molecule has 2 saturated heterocycles. The first-order chi connectivity index (χ1) is 10.7. The number of aryl methyl sites for hydroxylation is 1. The Morgan fingerprint density at radius 3 is 2.68 bits per heavy atom. The van der Waals surface area contributed by atoms with E-state index < -0.39 is 0 Å². The molecule has 3 rings (SSSR count). The maximum atomic E-state index is 5.88. The summed E-state index contributed by atoms with van der Waals surface area (Å²) in [4.78, 5) is 11.9. The van der Waals surface area contributed by atoms with E-state index in [0.717, 1.165) is 65.5 Å². The van der Waals surface area contributed by atoms with Crippen LogP contribution in [0.4, 0.5) is 0 Å². The van der Waals surface area contributed by atoms with Gasteiger partial charge in [0.05, 0.1) is 19.3 Å². The molecule has 6 heteroatoms. The zero-order valence-electron chi connectivity index (χ0n) is 13.9. The van der Waals surface area contributed by atoms with Crippen LogP contribution in [0.2, 0.25) is 0 Å². The third-order valence-electron chi connectivity index (χ3n) is 4.78. The standard InChI is InChI=1S/C16H29N5O/c1-3-21-5-4-17-16(21)14-20-8-6-19(7-9-20)13-15-12-18(2)10-11-22-15/h4-5,15H,3,6-14H2,1-2H3/t15-/m0/s1. The normalized spacial score (nSPS) is 25.6. The molecule has 2 fully saturated rings. The monoisotopic (exact) mass is 307 g/mol. The molecule has 0 amide bonds. The van der Waals surface area contributed by atoms with Crippen molar-refractivity contribution in [2.75, 3.05) is 59.5 Å². The summed E-state index contributed by atoms with van der Waals surface area (Å²) in [5.41, 5.74) is 0. The Labute approximate surface area is 133 Å². The predicted octanol–water partition coefficient (Wildman–Crippen LogP) is 0.351. The summed E-state index contributed by atoms with van der Waals surface area (Å²) in [5, 5.41) is 0. The van der Waals surface area contributed by atoms with Crippen LogP contribution in [0.25, 0.3) is 0 Å². The van der Waals surface area contributed by atoms with E-state index in [1.807, 2.05) is 6.20 Å². The van der Waals surface area contributed by atoms with Gasteiger partial charge in [0.25, 0.3) is 0 Å². The molecule has 0 N–H and O–H groups in total. The molecule has 0 aromatic carbocycles. The van der Waals surface area contributed by atoms with Gasteiger partial charge in [-0.05, 0) is 14.0 Å². The van der Waals surface area contributed by atoms with Crippen LogP contribution in [0.1, 0.15) is 12.7 Å². The molecule has 1 aromatic rings. The van der Waals surface area contributed by atoms with E-state index in [1.54, 1.807) is 0 Å². The van der Waals surface area contributed by atoms with Gasteiger partial charge in [-0.2, -0.15) is 0 Å². The van der Waals surface area contributed by atoms with Crippen LogP contribution in [-0.2, 0) is 17.8 Å². The number of piperazine rings is 1. The third kappa shape index (κ3) is 4.07. The Hall–Kier alpha value is -0.950. The Kier molecular flexibility index (Phi) is 5.46. The van der Waals surface area contributed by atoms with Gasteiger partial charge in [-0.3, -0.25) is 9.80 Å². The third-order valence-corrected chi connectivity index (χ3v) is 4.78. The van der Waals surface area contributed by atoms with Gasteiger partial charge in [0, 0.05) is 64.8 Å². The second-order valence-corrected chi connectivity index (χ2v) is 6.46. The maximum Gasteiger partial charge on any atom is 0.122 e. The second-order valence-electron chi connectivity index (χ2n) is 6.46. The van der Waals surface area contributed by atoms with E-state index in [4.69, 9.17) is 4.74 Å². The van der Waals surface area contributed by atoms with Gasteiger partial charge in [0.15, 0.2) is 0 Å². The highest BCUT2D eigenvalue weighted by Crippen LogP contribution is 2.10. The van der Waals surface area contributed by atoms with Gasteiger partial charge in [-0.1, -0.05) is 0 Å². The van der Waals surface area contributed by atoms with E-state index in [-0.39, 0.29) is 0 Å². The van der Waals surface area contributed by atoms with Crippen molar-refractivity contribution in [1.82, 2.24) is 24.3 Å². The number of rotatable bonds is 5. The second kappa shape index (κ2) is 7.55. The van der Waals surface area contributed by atoms with E-state index in [2.05, 4.69) is 44.4 Å². The smallest absolute Gasteiger partial charge is 0.122 e. The van der Waals surface area contributed by atoms with Gasteiger partial charge in [-0.15, -0.1) is 0 Å². The van der Waals surface area contributed by atoms with Crippen LogP contribution >= 0.6 is 0 Å².